The van der Waals surface area contributed by atoms with E-state index in [1.807, 2.05) is 6.92 Å². The zero-order valence-electron chi connectivity index (χ0n) is 20.6. The number of benzene rings is 3. The van der Waals surface area contributed by atoms with Crippen molar-refractivity contribution in [1.29, 1.82) is 0 Å². The van der Waals surface area contributed by atoms with Gasteiger partial charge in [-0.05, 0) is 84.9 Å². The number of hydrogen-bond acceptors (Lipinski definition) is 7. The number of carboxylic acid groups (broad SMARTS) is 1. The van der Waals surface area contributed by atoms with Gasteiger partial charge in [0.15, 0.2) is 16.6 Å². The van der Waals surface area contributed by atoms with Crippen LogP contribution in [0.15, 0.2) is 72.3 Å². The van der Waals surface area contributed by atoms with E-state index < -0.39 is 17.8 Å². The van der Waals surface area contributed by atoms with Crippen LogP contribution in [0.2, 0.25) is 0 Å². The lowest BCUT2D eigenvalue weighted by Gasteiger charge is -2.29. The number of ether oxygens (including phenoxy) is 3. The SMILES string of the molecule is CCOc1ccc(N2C(=O)/C(=C\c3ccc(OCc4ccc(C(=O)O)cc4)c(OC)c3)C(=O)NC2=S)cc1. The summed E-state index contributed by atoms with van der Waals surface area (Å²) in [6.45, 7) is 2.57. The Kier molecular flexibility index (Phi) is 8.03. The first-order valence-electron chi connectivity index (χ1n) is 11.6. The van der Waals surface area contributed by atoms with Crippen molar-refractivity contribution in [3.8, 4) is 17.2 Å². The van der Waals surface area contributed by atoms with Gasteiger partial charge in [-0.1, -0.05) is 18.2 Å². The van der Waals surface area contributed by atoms with Gasteiger partial charge in [-0.15, -0.1) is 0 Å². The zero-order valence-corrected chi connectivity index (χ0v) is 21.4. The third kappa shape index (κ3) is 5.81. The highest BCUT2D eigenvalue weighted by molar-refractivity contribution is 7.80. The van der Waals surface area contributed by atoms with Crippen LogP contribution in [0.25, 0.3) is 6.08 Å². The molecule has 9 nitrogen and oxygen atoms in total. The summed E-state index contributed by atoms with van der Waals surface area (Å²) in [6, 6.07) is 18.2. The van der Waals surface area contributed by atoms with Gasteiger partial charge < -0.3 is 19.3 Å². The Labute approximate surface area is 224 Å². The molecule has 0 saturated carbocycles. The standard InChI is InChI=1S/C28H24N2O7S/c1-3-36-21-11-9-20(10-12-21)30-26(32)22(25(31)29-28(30)38)14-18-6-13-23(24(15-18)35-2)37-16-17-4-7-19(8-5-17)27(33)34/h4-15H,3,16H2,1-2H3,(H,33,34)(H,29,31,38)/b22-14-. The number of carbonyl (C=O) groups excluding carboxylic acids is 2. The molecule has 3 aromatic rings. The molecule has 3 aromatic carbocycles. The summed E-state index contributed by atoms with van der Waals surface area (Å²) < 4.78 is 16.7. The van der Waals surface area contributed by atoms with E-state index in [0.29, 0.717) is 35.1 Å². The Balaban J connectivity index is 1.54. The maximum atomic E-state index is 13.3. The predicted octanol–water partition coefficient (Wildman–Crippen LogP) is 4.20. The van der Waals surface area contributed by atoms with Gasteiger partial charge in [-0.3, -0.25) is 19.8 Å². The maximum absolute atomic E-state index is 13.3. The molecule has 0 radical (unpaired) electrons. The van der Waals surface area contributed by atoms with Gasteiger partial charge in [0.1, 0.15) is 17.9 Å². The van der Waals surface area contributed by atoms with Crippen LogP contribution in [-0.2, 0) is 16.2 Å². The Morgan fingerprint density at radius 3 is 2.34 bits per heavy atom. The van der Waals surface area contributed by atoms with Crippen molar-refractivity contribution in [1.82, 2.24) is 5.32 Å². The summed E-state index contributed by atoms with van der Waals surface area (Å²) in [4.78, 5) is 38.2. The summed E-state index contributed by atoms with van der Waals surface area (Å²) in [6.07, 6.45) is 1.46. The topological polar surface area (TPSA) is 114 Å². The molecule has 1 fully saturated rings. The van der Waals surface area contributed by atoms with Gasteiger partial charge in [-0.2, -0.15) is 0 Å². The minimum Gasteiger partial charge on any atom is -0.494 e. The second-order valence-corrected chi connectivity index (χ2v) is 8.47. The van der Waals surface area contributed by atoms with E-state index in [0.717, 1.165) is 5.56 Å². The lowest BCUT2D eigenvalue weighted by molar-refractivity contribution is -0.122. The lowest BCUT2D eigenvalue weighted by atomic mass is 10.1. The summed E-state index contributed by atoms with van der Waals surface area (Å²) >= 11 is 5.26. The molecule has 0 aromatic heterocycles. The molecule has 194 valence electrons. The highest BCUT2D eigenvalue weighted by Gasteiger charge is 2.34. The number of nitrogens with one attached hydrogen (secondary N) is 1. The highest BCUT2D eigenvalue weighted by Crippen LogP contribution is 2.31. The fraction of sp³-hybridized carbons (Fsp3) is 0.143. The third-order valence-corrected chi connectivity index (χ3v) is 5.89. The number of carbonyl (C=O) groups is 3. The number of methoxy groups -OCH3 is 1. The van der Waals surface area contributed by atoms with Gasteiger partial charge in [0.2, 0.25) is 0 Å². The van der Waals surface area contributed by atoms with E-state index in [4.69, 9.17) is 31.5 Å². The number of rotatable bonds is 9. The van der Waals surface area contributed by atoms with Gasteiger partial charge in [-0.25, -0.2) is 4.79 Å². The molecule has 2 N–H and O–H groups in total. The average molecular weight is 533 g/mol. The number of carboxylic acids is 1. The van der Waals surface area contributed by atoms with Crippen LogP contribution < -0.4 is 24.4 Å². The quantitative estimate of drug-likeness (QED) is 0.239. The molecule has 1 aliphatic rings. The van der Waals surface area contributed by atoms with Gasteiger partial charge >= 0.3 is 5.97 Å². The van der Waals surface area contributed by atoms with Crippen LogP contribution in [0.3, 0.4) is 0 Å². The Hall–Kier alpha value is -4.70. The van der Waals surface area contributed by atoms with Crippen LogP contribution >= 0.6 is 12.2 Å². The number of aromatic carboxylic acids is 1. The average Bonchev–Trinajstić information content (AvgIpc) is 2.91. The lowest BCUT2D eigenvalue weighted by Crippen LogP contribution is -2.54. The van der Waals surface area contributed by atoms with Crippen LogP contribution in [-0.4, -0.2) is 41.7 Å². The fourth-order valence-corrected chi connectivity index (χ4v) is 4.00. The number of amides is 2. The van der Waals surface area contributed by atoms with Crippen LogP contribution in [0, 0.1) is 0 Å². The molecule has 0 spiro atoms. The fourth-order valence-electron chi connectivity index (χ4n) is 3.71. The summed E-state index contributed by atoms with van der Waals surface area (Å²) in [5, 5.41) is 11.6. The van der Waals surface area contributed by atoms with Gasteiger partial charge in [0, 0.05) is 0 Å². The molecule has 10 heteroatoms. The molecular weight excluding hydrogens is 508 g/mol. The van der Waals surface area contributed by atoms with Crippen molar-refractivity contribution in [3.05, 3.63) is 89.0 Å². The maximum Gasteiger partial charge on any atom is 0.335 e. The van der Waals surface area contributed by atoms with Crippen molar-refractivity contribution < 1.29 is 33.7 Å². The molecule has 0 bridgehead atoms. The first kappa shape index (κ1) is 26.4. The molecule has 4 rings (SSSR count). The summed E-state index contributed by atoms with van der Waals surface area (Å²) in [5.41, 5.74) is 1.90. The largest absolute Gasteiger partial charge is 0.494 e. The normalized spacial score (nSPS) is 14.3. The van der Waals surface area contributed by atoms with E-state index in [2.05, 4.69) is 5.32 Å². The van der Waals surface area contributed by atoms with E-state index in [1.165, 1.54) is 30.2 Å². The van der Waals surface area contributed by atoms with Crippen molar-refractivity contribution >= 4 is 46.9 Å². The smallest absolute Gasteiger partial charge is 0.335 e. The summed E-state index contributed by atoms with van der Waals surface area (Å²) in [5.74, 6) is -0.688. The molecule has 1 heterocycles. The monoisotopic (exact) mass is 532 g/mol. The van der Waals surface area contributed by atoms with Crippen molar-refractivity contribution in [2.24, 2.45) is 0 Å². The van der Waals surface area contributed by atoms with Crippen molar-refractivity contribution in [2.75, 3.05) is 18.6 Å². The molecule has 0 atom stereocenters. The molecule has 0 aliphatic carbocycles. The van der Waals surface area contributed by atoms with Crippen molar-refractivity contribution in [2.45, 2.75) is 13.5 Å². The Morgan fingerprint density at radius 1 is 1.00 bits per heavy atom. The first-order chi connectivity index (χ1) is 18.3. The van der Waals surface area contributed by atoms with E-state index >= 15 is 0 Å². The Bertz CT molecular complexity index is 1420. The number of hydrogen-bond donors (Lipinski definition) is 2. The Morgan fingerprint density at radius 2 is 1.71 bits per heavy atom. The predicted molar refractivity (Wildman–Crippen MR) is 145 cm³/mol. The van der Waals surface area contributed by atoms with Crippen LogP contribution in [0.5, 0.6) is 17.2 Å². The molecule has 2 amide bonds. The second kappa shape index (κ2) is 11.6. The van der Waals surface area contributed by atoms with E-state index in [-0.39, 0.29) is 22.9 Å². The third-order valence-electron chi connectivity index (χ3n) is 5.60. The van der Waals surface area contributed by atoms with Crippen molar-refractivity contribution in [3.63, 3.8) is 0 Å². The molecule has 38 heavy (non-hydrogen) atoms. The minimum absolute atomic E-state index is 0.0148. The second-order valence-electron chi connectivity index (χ2n) is 8.09. The molecule has 1 aliphatic heterocycles. The molecule has 0 unspecified atom stereocenters. The summed E-state index contributed by atoms with van der Waals surface area (Å²) in [7, 11) is 1.48. The molecule has 1 saturated heterocycles. The molecular formula is C28H24N2O7S. The van der Waals surface area contributed by atoms with Crippen LogP contribution in [0.1, 0.15) is 28.4 Å². The van der Waals surface area contributed by atoms with Gasteiger partial charge in [0.05, 0.1) is 25.0 Å². The number of anilines is 1. The van der Waals surface area contributed by atoms with E-state index in [9.17, 15) is 14.4 Å². The minimum atomic E-state index is -1.00. The van der Waals surface area contributed by atoms with E-state index in [1.54, 1.807) is 54.6 Å². The van der Waals surface area contributed by atoms with Crippen LogP contribution in [0.4, 0.5) is 5.69 Å². The number of nitrogens with zero attached hydrogens (tertiary/aromatic N) is 1. The van der Waals surface area contributed by atoms with Gasteiger partial charge in [0.25, 0.3) is 11.8 Å². The number of thiocarbonyl (C=S) groups is 1. The first-order valence-corrected chi connectivity index (χ1v) is 12.0. The zero-order chi connectivity index (χ0) is 27.2. The highest BCUT2D eigenvalue weighted by atomic mass is 32.1.